The summed E-state index contributed by atoms with van der Waals surface area (Å²) in [6.45, 7) is 11.6. The van der Waals surface area contributed by atoms with E-state index in [1.807, 2.05) is 0 Å². The van der Waals surface area contributed by atoms with Gasteiger partial charge in [-0.05, 0) is 39.2 Å². The van der Waals surface area contributed by atoms with Crippen LogP contribution in [0.15, 0.2) is 0 Å². The number of rotatable bonds is 5. The first kappa shape index (κ1) is 14.0. The van der Waals surface area contributed by atoms with Crippen molar-refractivity contribution in [3.63, 3.8) is 0 Å². The van der Waals surface area contributed by atoms with Gasteiger partial charge in [0.05, 0.1) is 0 Å². The second kappa shape index (κ2) is 6.61. The van der Waals surface area contributed by atoms with Gasteiger partial charge in [-0.25, -0.2) is 0 Å². The topological polar surface area (TPSA) is 15.3 Å². The van der Waals surface area contributed by atoms with Crippen LogP contribution in [-0.2, 0) is 0 Å². The van der Waals surface area contributed by atoms with Crippen molar-refractivity contribution in [1.82, 2.24) is 10.2 Å². The first-order chi connectivity index (χ1) is 7.52. The molecule has 0 spiro atoms. The molecule has 0 saturated heterocycles. The summed E-state index contributed by atoms with van der Waals surface area (Å²) in [4.78, 5) is 2.41. The first-order valence-electron chi connectivity index (χ1n) is 6.96. The van der Waals surface area contributed by atoms with E-state index in [2.05, 4.69) is 45.0 Å². The van der Waals surface area contributed by atoms with Gasteiger partial charge in [0.2, 0.25) is 0 Å². The van der Waals surface area contributed by atoms with Crippen LogP contribution in [0, 0.1) is 11.8 Å². The van der Waals surface area contributed by atoms with Crippen LogP contribution in [0.3, 0.4) is 0 Å². The van der Waals surface area contributed by atoms with Crippen LogP contribution in [0.5, 0.6) is 0 Å². The molecule has 0 amide bonds. The van der Waals surface area contributed by atoms with Gasteiger partial charge in [0.1, 0.15) is 0 Å². The largest absolute Gasteiger partial charge is 0.312 e. The van der Waals surface area contributed by atoms with Gasteiger partial charge in [-0.3, -0.25) is 0 Å². The van der Waals surface area contributed by atoms with E-state index in [9.17, 15) is 0 Å². The van der Waals surface area contributed by atoms with E-state index in [1.165, 1.54) is 19.3 Å². The Morgan fingerprint density at radius 2 is 1.94 bits per heavy atom. The summed E-state index contributed by atoms with van der Waals surface area (Å²) in [7, 11) is 2.21. The first-order valence-corrected chi connectivity index (χ1v) is 6.96. The lowest BCUT2D eigenvalue weighted by atomic mass is 9.78. The molecule has 96 valence electrons. The van der Waals surface area contributed by atoms with Gasteiger partial charge in [-0.15, -0.1) is 0 Å². The summed E-state index contributed by atoms with van der Waals surface area (Å²) in [6, 6.07) is 1.41. The van der Waals surface area contributed by atoms with Gasteiger partial charge in [-0.2, -0.15) is 0 Å². The lowest BCUT2D eigenvalue weighted by molar-refractivity contribution is 0.195. The van der Waals surface area contributed by atoms with Gasteiger partial charge >= 0.3 is 0 Å². The van der Waals surface area contributed by atoms with Crippen molar-refractivity contribution < 1.29 is 0 Å². The lowest BCUT2D eigenvalue weighted by Crippen LogP contribution is -2.44. The molecule has 0 bridgehead atoms. The standard InChI is InChI=1S/C14H30N2/c1-11(2)16(5)10-9-15-14-8-6-7-12(3)13(14)4/h11-15H,6-10H2,1-5H3. The normalized spacial score (nSPS) is 31.3. The van der Waals surface area contributed by atoms with Crippen LogP contribution in [0.2, 0.25) is 0 Å². The van der Waals surface area contributed by atoms with Gasteiger partial charge < -0.3 is 10.2 Å². The number of hydrogen-bond donors (Lipinski definition) is 1. The number of likely N-dealkylation sites (N-methyl/N-ethyl adjacent to an activating group) is 1. The van der Waals surface area contributed by atoms with E-state index in [0.717, 1.165) is 31.0 Å². The molecule has 2 nitrogen and oxygen atoms in total. The molecule has 0 heterocycles. The van der Waals surface area contributed by atoms with E-state index in [1.54, 1.807) is 0 Å². The number of hydrogen-bond acceptors (Lipinski definition) is 2. The molecule has 0 radical (unpaired) electrons. The number of nitrogens with zero attached hydrogens (tertiary/aromatic N) is 1. The van der Waals surface area contributed by atoms with Crippen LogP contribution >= 0.6 is 0 Å². The Balaban J connectivity index is 2.21. The molecular weight excluding hydrogens is 196 g/mol. The van der Waals surface area contributed by atoms with E-state index in [-0.39, 0.29) is 0 Å². The van der Waals surface area contributed by atoms with Crippen LogP contribution in [0.25, 0.3) is 0 Å². The van der Waals surface area contributed by atoms with Crippen molar-refractivity contribution >= 4 is 0 Å². The predicted molar refractivity (Wildman–Crippen MR) is 71.7 cm³/mol. The monoisotopic (exact) mass is 226 g/mol. The Hall–Kier alpha value is -0.0800. The predicted octanol–water partition coefficient (Wildman–Crippen LogP) is 2.74. The molecule has 2 heteroatoms. The average Bonchev–Trinajstić information content (AvgIpc) is 2.24. The minimum Gasteiger partial charge on any atom is -0.312 e. The zero-order valence-corrected chi connectivity index (χ0v) is 11.8. The summed E-state index contributed by atoms with van der Waals surface area (Å²) in [6.07, 6.45) is 4.20. The van der Waals surface area contributed by atoms with Crippen LogP contribution in [-0.4, -0.2) is 37.1 Å². The highest BCUT2D eigenvalue weighted by atomic mass is 15.1. The van der Waals surface area contributed by atoms with Crippen LogP contribution in [0.1, 0.15) is 47.0 Å². The molecule has 0 aromatic carbocycles. The van der Waals surface area contributed by atoms with Gasteiger partial charge in [0, 0.05) is 25.2 Å². The van der Waals surface area contributed by atoms with E-state index >= 15 is 0 Å². The fourth-order valence-electron chi connectivity index (χ4n) is 2.55. The Kier molecular flexibility index (Phi) is 5.77. The molecular formula is C14H30N2. The third-order valence-electron chi connectivity index (χ3n) is 4.46. The van der Waals surface area contributed by atoms with Crippen molar-refractivity contribution in [2.75, 3.05) is 20.1 Å². The SMILES string of the molecule is CC1CCCC(NCCN(C)C(C)C)C1C. The molecule has 3 unspecified atom stereocenters. The summed E-state index contributed by atoms with van der Waals surface area (Å²) in [5.74, 6) is 1.74. The molecule has 1 fully saturated rings. The summed E-state index contributed by atoms with van der Waals surface area (Å²) >= 11 is 0. The molecule has 1 aliphatic carbocycles. The molecule has 1 saturated carbocycles. The Labute approximate surface area is 102 Å². The number of nitrogens with one attached hydrogen (secondary N) is 1. The summed E-state index contributed by atoms with van der Waals surface area (Å²) in [5, 5.41) is 3.75. The molecule has 1 aliphatic rings. The van der Waals surface area contributed by atoms with E-state index < -0.39 is 0 Å². The minimum absolute atomic E-state index is 0.657. The molecule has 16 heavy (non-hydrogen) atoms. The zero-order chi connectivity index (χ0) is 12.1. The minimum atomic E-state index is 0.657. The third-order valence-corrected chi connectivity index (χ3v) is 4.46. The van der Waals surface area contributed by atoms with Crippen molar-refractivity contribution in [3.05, 3.63) is 0 Å². The molecule has 0 aromatic rings. The highest BCUT2D eigenvalue weighted by Gasteiger charge is 2.26. The fraction of sp³-hybridized carbons (Fsp3) is 1.00. The lowest BCUT2D eigenvalue weighted by Gasteiger charge is -2.35. The second-order valence-corrected chi connectivity index (χ2v) is 5.90. The van der Waals surface area contributed by atoms with Crippen LogP contribution in [0.4, 0.5) is 0 Å². The maximum absolute atomic E-state index is 3.75. The highest BCUT2D eigenvalue weighted by molar-refractivity contribution is 4.82. The summed E-state index contributed by atoms with van der Waals surface area (Å²) < 4.78 is 0. The third kappa shape index (κ3) is 4.06. The zero-order valence-electron chi connectivity index (χ0n) is 11.8. The maximum atomic E-state index is 3.75. The second-order valence-electron chi connectivity index (χ2n) is 5.90. The molecule has 0 aliphatic heterocycles. The van der Waals surface area contributed by atoms with Gasteiger partial charge in [0.25, 0.3) is 0 Å². The Bertz CT molecular complexity index is 191. The van der Waals surface area contributed by atoms with Gasteiger partial charge in [-0.1, -0.05) is 26.7 Å². The molecule has 1 N–H and O–H groups in total. The Morgan fingerprint density at radius 1 is 1.25 bits per heavy atom. The highest BCUT2D eigenvalue weighted by Crippen LogP contribution is 2.29. The van der Waals surface area contributed by atoms with Crippen molar-refractivity contribution in [2.24, 2.45) is 11.8 Å². The van der Waals surface area contributed by atoms with E-state index in [4.69, 9.17) is 0 Å². The summed E-state index contributed by atoms with van der Waals surface area (Å²) in [5.41, 5.74) is 0. The Morgan fingerprint density at radius 3 is 2.56 bits per heavy atom. The van der Waals surface area contributed by atoms with E-state index in [0.29, 0.717) is 6.04 Å². The van der Waals surface area contributed by atoms with Crippen LogP contribution < -0.4 is 5.32 Å². The quantitative estimate of drug-likeness (QED) is 0.775. The van der Waals surface area contributed by atoms with Crippen molar-refractivity contribution in [2.45, 2.75) is 59.0 Å². The maximum Gasteiger partial charge on any atom is 0.0107 e. The fourth-order valence-corrected chi connectivity index (χ4v) is 2.55. The smallest absolute Gasteiger partial charge is 0.0107 e. The molecule has 0 aromatic heterocycles. The van der Waals surface area contributed by atoms with Gasteiger partial charge in [0.15, 0.2) is 0 Å². The average molecular weight is 226 g/mol. The van der Waals surface area contributed by atoms with Crippen molar-refractivity contribution in [3.8, 4) is 0 Å². The molecule has 3 atom stereocenters. The van der Waals surface area contributed by atoms with Crippen molar-refractivity contribution in [1.29, 1.82) is 0 Å². The molecule has 1 rings (SSSR count).